The quantitative estimate of drug-likeness (QED) is 0.409. The van der Waals surface area contributed by atoms with Gasteiger partial charge in [-0.3, -0.25) is 9.59 Å². The van der Waals surface area contributed by atoms with Crippen LogP contribution in [0.2, 0.25) is 5.02 Å². The molecule has 0 radical (unpaired) electrons. The summed E-state index contributed by atoms with van der Waals surface area (Å²) >= 11 is 6.34. The van der Waals surface area contributed by atoms with Gasteiger partial charge in [0, 0.05) is 42.2 Å². The van der Waals surface area contributed by atoms with Crippen molar-refractivity contribution in [1.82, 2.24) is 19.8 Å². The molecule has 2 amide bonds. The first kappa shape index (κ1) is 23.8. The monoisotopic (exact) mass is 499 g/mol. The summed E-state index contributed by atoms with van der Waals surface area (Å²) in [5.41, 5.74) is 11.0. The maximum absolute atomic E-state index is 13.6. The SMILES string of the molecule is CCN(CC)C(=O)c1ccc(Cl)cc1-c1ccc2nc(N)nc(C(=O)N3Cc4ccccc4C3)c2c1. The summed E-state index contributed by atoms with van der Waals surface area (Å²) in [4.78, 5) is 39.1. The van der Waals surface area contributed by atoms with Crippen molar-refractivity contribution >= 4 is 40.3 Å². The van der Waals surface area contributed by atoms with E-state index in [0.29, 0.717) is 53.2 Å². The van der Waals surface area contributed by atoms with Crippen LogP contribution in [0.3, 0.4) is 0 Å². The molecule has 1 aliphatic heterocycles. The van der Waals surface area contributed by atoms with Gasteiger partial charge in [-0.15, -0.1) is 0 Å². The minimum absolute atomic E-state index is 0.0375. The summed E-state index contributed by atoms with van der Waals surface area (Å²) in [7, 11) is 0. The van der Waals surface area contributed by atoms with E-state index in [1.54, 1.807) is 34.1 Å². The number of rotatable bonds is 5. The number of halogens is 1. The largest absolute Gasteiger partial charge is 0.368 e. The maximum Gasteiger partial charge on any atom is 0.273 e. The zero-order valence-electron chi connectivity index (χ0n) is 20.2. The summed E-state index contributed by atoms with van der Waals surface area (Å²) < 4.78 is 0. The summed E-state index contributed by atoms with van der Waals surface area (Å²) in [6, 6.07) is 18.7. The fourth-order valence-corrected chi connectivity index (χ4v) is 4.90. The van der Waals surface area contributed by atoms with Crippen molar-refractivity contribution in [1.29, 1.82) is 0 Å². The minimum atomic E-state index is -0.215. The molecule has 0 unspecified atom stereocenters. The van der Waals surface area contributed by atoms with Gasteiger partial charge in [0.2, 0.25) is 5.95 Å². The lowest BCUT2D eigenvalue weighted by molar-refractivity contribution is 0.0745. The highest BCUT2D eigenvalue weighted by Crippen LogP contribution is 2.32. The number of amides is 2. The second-order valence-corrected chi connectivity index (χ2v) is 9.20. The van der Waals surface area contributed by atoms with Crippen LogP contribution in [0.25, 0.3) is 22.0 Å². The molecule has 0 spiro atoms. The van der Waals surface area contributed by atoms with E-state index in [-0.39, 0.29) is 23.5 Å². The molecule has 3 aromatic carbocycles. The second-order valence-electron chi connectivity index (χ2n) is 8.76. The molecule has 0 aliphatic carbocycles. The molecular formula is C28H26ClN5O2. The molecule has 0 atom stereocenters. The van der Waals surface area contributed by atoms with Gasteiger partial charge in [0.25, 0.3) is 11.8 Å². The van der Waals surface area contributed by atoms with Gasteiger partial charge >= 0.3 is 0 Å². The highest BCUT2D eigenvalue weighted by molar-refractivity contribution is 6.31. The molecule has 0 saturated heterocycles. The Bertz CT molecular complexity index is 1470. The van der Waals surface area contributed by atoms with Crippen molar-refractivity contribution in [3.63, 3.8) is 0 Å². The second kappa shape index (κ2) is 9.59. The van der Waals surface area contributed by atoms with E-state index in [2.05, 4.69) is 9.97 Å². The Morgan fingerprint density at radius 3 is 2.33 bits per heavy atom. The zero-order valence-corrected chi connectivity index (χ0v) is 20.9. The Hall–Kier alpha value is -3.97. The zero-order chi connectivity index (χ0) is 25.4. The van der Waals surface area contributed by atoms with Crippen LogP contribution >= 0.6 is 11.6 Å². The smallest absolute Gasteiger partial charge is 0.273 e. The highest BCUT2D eigenvalue weighted by Gasteiger charge is 2.27. The minimum Gasteiger partial charge on any atom is -0.368 e. The first-order valence-electron chi connectivity index (χ1n) is 11.9. The fraction of sp³-hybridized carbons (Fsp3) is 0.214. The van der Waals surface area contributed by atoms with Crippen LogP contribution in [0.4, 0.5) is 5.95 Å². The van der Waals surface area contributed by atoms with E-state index in [4.69, 9.17) is 17.3 Å². The summed E-state index contributed by atoms with van der Waals surface area (Å²) in [5, 5.41) is 1.09. The topological polar surface area (TPSA) is 92.4 Å². The Morgan fingerprint density at radius 1 is 0.972 bits per heavy atom. The van der Waals surface area contributed by atoms with Crippen LogP contribution in [0.1, 0.15) is 45.8 Å². The molecule has 8 heteroatoms. The highest BCUT2D eigenvalue weighted by atomic mass is 35.5. The van der Waals surface area contributed by atoms with Crippen molar-refractivity contribution in [3.05, 3.63) is 88.1 Å². The fourth-order valence-electron chi connectivity index (χ4n) is 4.73. The van der Waals surface area contributed by atoms with Gasteiger partial charge in [0.05, 0.1) is 5.52 Å². The first-order valence-corrected chi connectivity index (χ1v) is 12.3. The summed E-state index contributed by atoms with van der Waals surface area (Å²) in [6.07, 6.45) is 0. The number of nitrogens with zero attached hydrogens (tertiary/aromatic N) is 4. The third-order valence-electron chi connectivity index (χ3n) is 6.62. The first-order chi connectivity index (χ1) is 17.4. The Morgan fingerprint density at radius 2 is 1.67 bits per heavy atom. The normalized spacial score (nSPS) is 12.6. The Kier molecular flexibility index (Phi) is 6.33. The molecule has 0 fully saturated rings. The predicted octanol–water partition coefficient (Wildman–Crippen LogP) is 5.17. The van der Waals surface area contributed by atoms with Gasteiger partial charge in [-0.05, 0) is 66.4 Å². The lowest BCUT2D eigenvalue weighted by Crippen LogP contribution is -2.30. The van der Waals surface area contributed by atoms with E-state index in [1.165, 1.54) is 0 Å². The van der Waals surface area contributed by atoms with Crippen LogP contribution in [-0.2, 0) is 13.1 Å². The number of carbonyl (C=O) groups excluding carboxylic acids is 2. The molecule has 4 aromatic rings. The molecule has 5 rings (SSSR count). The molecule has 0 bridgehead atoms. The molecule has 7 nitrogen and oxygen atoms in total. The Labute approximate surface area is 214 Å². The standard InChI is InChI=1S/C28H26ClN5O2/c1-3-33(4-2)26(35)21-11-10-20(29)14-22(21)17-9-12-24-23(13-17)25(32-28(30)31-24)27(36)34-15-18-7-5-6-8-19(18)16-34/h5-14H,3-4,15-16H2,1-2H3,(H2,30,31,32). The maximum atomic E-state index is 13.6. The van der Waals surface area contributed by atoms with Crippen LogP contribution in [0, 0.1) is 0 Å². The third kappa shape index (κ3) is 4.27. The summed E-state index contributed by atoms with van der Waals surface area (Å²) in [6.45, 7) is 6.11. The van der Waals surface area contributed by atoms with E-state index in [0.717, 1.165) is 16.7 Å². The van der Waals surface area contributed by atoms with Crippen LogP contribution < -0.4 is 5.73 Å². The van der Waals surface area contributed by atoms with E-state index < -0.39 is 0 Å². The number of nitrogens with two attached hydrogens (primary N) is 1. The third-order valence-corrected chi connectivity index (χ3v) is 6.85. The number of hydrogen-bond acceptors (Lipinski definition) is 5. The molecular weight excluding hydrogens is 474 g/mol. The molecule has 0 saturated carbocycles. The van der Waals surface area contributed by atoms with Gasteiger partial charge in [-0.25, -0.2) is 9.97 Å². The average molecular weight is 500 g/mol. The summed E-state index contributed by atoms with van der Waals surface area (Å²) in [5.74, 6) is -0.255. The molecule has 1 aromatic heterocycles. The lowest BCUT2D eigenvalue weighted by atomic mass is 9.96. The molecule has 2 heterocycles. The van der Waals surface area contributed by atoms with Crippen LogP contribution in [0.15, 0.2) is 60.7 Å². The molecule has 1 aliphatic rings. The van der Waals surface area contributed by atoms with Gasteiger partial charge in [-0.2, -0.15) is 0 Å². The van der Waals surface area contributed by atoms with Crippen molar-refractivity contribution in [2.45, 2.75) is 26.9 Å². The number of benzene rings is 3. The van der Waals surface area contributed by atoms with Gasteiger partial charge in [0.1, 0.15) is 5.69 Å². The lowest BCUT2D eigenvalue weighted by Gasteiger charge is -2.21. The number of aromatic nitrogens is 2. The van der Waals surface area contributed by atoms with E-state index in [9.17, 15) is 9.59 Å². The average Bonchev–Trinajstić information content (AvgIpc) is 3.32. The van der Waals surface area contributed by atoms with Gasteiger partial charge < -0.3 is 15.5 Å². The van der Waals surface area contributed by atoms with Gasteiger partial charge in [-0.1, -0.05) is 41.9 Å². The van der Waals surface area contributed by atoms with Crippen LogP contribution in [-0.4, -0.2) is 44.7 Å². The van der Waals surface area contributed by atoms with E-state index >= 15 is 0 Å². The number of fused-ring (bicyclic) bond motifs is 2. The Balaban J connectivity index is 1.60. The van der Waals surface area contributed by atoms with Crippen molar-refractivity contribution in [2.24, 2.45) is 0 Å². The molecule has 36 heavy (non-hydrogen) atoms. The number of hydrogen-bond donors (Lipinski definition) is 1. The van der Waals surface area contributed by atoms with Crippen LogP contribution in [0.5, 0.6) is 0 Å². The van der Waals surface area contributed by atoms with Crippen molar-refractivity contribution < 1.29 is 9.59 Å². The van der Waals surface area contributed by atoms with E-state index in [1.807, 2.05) is 50.2 Å². The number of anilines is 1. The number of nitrogen functional groups attached to an aromatic ring is 1. The van der Waals surface area contributed by atoms with Crippen molar-refractivity contribution in [2.75, 3.05) is 18.8 Å². The number of carbonyl (C=O) groups is 2. The molecule has 2 N–H and O–H groups in total. The molecule has 182 valence electrons. The van der Waals surface area contributed by atoms with Crippen molar-refractivity contribution in [3.8, 4) is 11.1 Å². The van der Waals surface area contributed by atoms with Gasteiger partial charge in [0.15, 0.2) is 0 Å². The predicted molar refractivity (Wildman–Crippen MR) is 142 cm³/mol.